The maximum absolute atomic E-state index is 13.3. The highest BCUT2D eigenvalue weighted by atomic mass is 19.2. The largest absolute Gasteiger partial charge is 0.345 e. The molecule has 5 nitrogen and oxygen atoms in total. The Bertz CT molecular complexity index is 738. The van der Waals surface area contributed by atoms with Crippen LogP contribution >= 0.6 is 0 Å². The van der Waals surface area contributed by atoms with E-state index < -0.39 is 11.6 Å². The summed E-state index contributed by atoms with van der Waals surface area (Å²) >= 11 is 0. The van der Waals surface area contributed by atoms with Gasteiger partial charge >= 0.3 is 0 Å². The molecule has 1 fully saturated rings. The average Bonchev–Trinajstić information content (AvgIpc) is 2.53. The van der Waals surface area contributed by atoms with E-state index in [1.54, 1.807) is 4.90 Å². The molecule has 2 heterocycles. The number of halogens is 2. The van der Waals surface area contributed by atoms with Gasteiger partial charge in [0.05, 0.1) is 6.54 Å². The molecule has 2 aromatic rings. The quantitative estimate of drug-likeness (QED) is 0.867. The van der Waals surface area contributed by atoms with Crippen LogP contribution in [0.4, 0.5) is 14.6 Å². The summed E-state index contributed by atoms with van der Waals surface area (Å²) in [5.74, 6) is -1.13. The third kappa shape index (κ3) is 3.44. The van der Waals surface area contributed by atoms with E-state index in [9.17, 15) is 13.6 Å². The van der Waals surface area contributed by atoms with Crippen molar-refractivity contribution in [2.45, 2.75) is 13.5 Å². The minimum atomic E-state index is -0.898. The van der Waals surface area contributed by atoms with E-state index in [1.165, 1.54) is 12.4 Å². The molecule has 0 unspecified atom stereocenters. The van der Waals surface area contributed by atoms with Gasteiger partial charge in [0.2, 0.25) is 5.91 Å². The zero-order valence-electron chi connectivity index (χ0n) is 12.7. The van der Waals surface area contributed by atoms with Crippen LogP contribution in [0.1, 0.15) is 11.3 Å². The van der Waals surface area contributed by atoms with Crippen molar-refractivity contribution in [3.63, 3.8) is 0 Å². The predicted octanol–water partition coefficient (Wildman–Crippen LogP) is 1.91. The Kier molecular flexibility index (Phi) is 4.18. The monoisotopic (exact) mass is 318 g/mol. The smallest absolute Gasteiger partial charge is 0.242 e. The van der Waals surface area contributed by atoms with E-state index in [4.69, 9.17) is 0 Å². The number of benzene rings is 1. The molecule has 1 aromatic heterocycles. The predicted molar refractivity (Wildman–Crippen MR) is 80.8 cm³/mol. The zero-order valence-corrected chi connectivity index (χ0v) is 12.7. The molecule has 1 aromatic carbocycles. The fraction of sp³-hybridized carbons (Fsp3) is 0.312. The van der Waals surface area contributed by atoms with Gasteiger partial charge in [-0.15, -0.1) is 0 Å². The van der Waals surface area contributed by atoms with Gasteiger partial charge in [0.15, 0.2) is 11.6 Å². The molecule has 1 aliphatic heterocycles. The van der Waals surface area contributed by atoms with Gasteiger partial charge in [-0.3, -0.25) is 4.79 Å². The highest BCUT2D eigenvalue weighted by Crippen LogP contribution is 2.17. The SMILES string of the molecule is Cc1cc(N2CCN(Cc3ccc(F)c(F)c3)C(=O)C2)ncn1. The number of carbonyl (C=O) groups is 1. The third-order valence-corrected chi connectivity index (χ3v) is 3.79. The van der Waals surface area contributed by atoms with Crippen molar-refractivity contribution in [3.8, 4) is 0 Å². The van der Waals surface area contributed by atoms with Crippen LogP contribution in [-0.2, 0) is 11.3 Å². The first-order chi connectivity index (χ1) is 11.0. The van der Waals surface area contributed by atoms with E-state index in [-0.39, 0.29) is 19.0 Å². The first-order valence-electron chi connectivity index (χ1n) is 7.28. The molecular formula is C16H16F2N4O. The molecule has 0 bridgehead atoms. The van der Waals surface area contributed by atoms with Crippen LogP contribution in [0.3, 0.4) is 0 Å². The van der Waals surface area contributed by atoms with Gasteiger partial charge in [0.25, 0.3) is 0 Å². The minimum Gasteiger partial charge on any atom is -0.345 e. The molecule has 1 saturated heterocycles. The molecular weight excluding hydrogens is 302 g/mol. The number of anilines is 1. The summed E-state index contributed by atoms with van der Waals surface area (Å²) in [6, 6.07) is 5.53. The fourth-order valence-electron chi connectivity index (χ4n) is 2.54. The number of nitrogens with zero attached hydrogens (tertiary/aromatic N) is 4. The van der Waals surface area contributed by atoms with Gasteiger partial charge < -0.3 is 9.80 Å². The maximum atomic E-state index is 13.3. The summed E-state index contributed by atoms with van der Waals surface area (Å²) in [5, 5.41) is 0. The highest BCUT2D eigenvalue weighted by Gasteiger charge is 2.25. The summed E-state index contributed by atoms with van der Waals surface area (Å²) in [6.07, 6.45) is 1.48. The topological polar surface area (TPSA) is 49.3 Å². The van der Waals surface area contributed by atoms with Crippen molar-refractivity contribution in [1.82, 2.24) is 14.9 Å². The van der Waals surface area contributed by atoms with Crippen LogP contribution in [0.5, 0.6) is 0 Å². The Labute approximate surface area is 132 Å². The van der Waals surface area contributed by atoms with E-state index >= 15 is 0 Å². The second kappa shape index (κ2) is 6.28. The van der Waals surface area contributed by atoms with Gasteiger partial charge in [-0.2, -0.15) is 0 Å². The van der Waals surface area contributed by atoms with Crippen molar-refractivity contribution in [2.75, 3.05) is 24.5 Å². The fourth-order valence-corrected chi connectivity index (χ4v) is 2.54. The molecule has 1 aliphatic rings. The highest BCUT2D eigenvalue weighted by molar-refractivity contribution is 5.82. The van der Waals surface area contributed by atoms with E-state index in [0.717, 1.165) is 23.6 Å². The van der Waals surface area contributed by atoms with E-state index in [0.29, 0.717) is 18.7 Å². The summed E-state index contributed by atoms with van der Waals surface area (Å²) < 4.78 is 26.2. The number of hydrogen-bond donors (Lipinski definition) is 0. The van der Waals surface area contributed by atoms with Crippen LogP contribution in [-0.4, -0.2) is 40.4 Å². The van der Waals surface area contributed by atoms with Crippen LogP contribution < -0.4 is 4.90 Å². The van der Waals surface area contributed by atoms with Gasteiger partial charge in [-0.05, 0) is 24.6 Å². The van der Waals surface area contributed by atoms with Crippen LogP contribution in [0, 0.1) is 18.6 Å². The number of piperazine rings is 1. The van der Waals surface area contributed by atoms with Crippen LogP contribution in [0.25, 0.3) is 0 Å². The summed E-state index contributed by atoms with van der Waals surface area (Å²) in [4.78, 5) is 24.0. The molecule has 0 atom stereocenters. The molecule has 23 heavy (non-hydrogen) atoms. The first-order valence-corrected chi connectivity index (χ1v) is 7.28. The molecule has 0 aliphatic carbocycles. The van der Waals surface area contributed by atoms with Crippen molar-refractivity contribution < 1.29 is 13.6 Å². The van der Waals surface area contributed by atoms with Gasteiger partial charge in [0.1, 0.15) is 12.1 Å². The minimum absolute atomic E-state index is 0.0720. The van der Waals surface area contributed by atoms with Crippen molar-refractivity contribution in [2.24, 2.45) is 0 Å². The molecule has 0 N–H and O–H groups in total. The first kappa shape index (κ1) is 15.3. The van der Waals surface area contributed by atoms with E-state index in [2.05, 4.69) is 9.97 Å². The van der Waals surface area contributed by atoms with Crippen LogP contribution in [0.15, 0.2) is 30.6 Å². The molecule has 3 rings (SSSR count). The van der Waals surface area contributed by atoms with E-state index in [1.807, 2.05) is 17.9 Å². The molecule has 0 spiro atoms. The lowest BCUT2D eigenvalue weighted by Crippen LogP contribution is -2.50. The molecule has 1 amide bonds. The molecule has 120 valence electrons. The van der Waals surface area contributed by atoms with Gasteiger partial charge in [-0.25, -0.2) is 18.7 Å². The molecule has 0 saturated carbocycles. The number of aryl methyl sites for hydroxylation is 1. The van der Waals surface area contributed by atoms with Gasteiger partial charge in [-0.1, -0.05) is 6.07 Å². The second-order valence-electron chi connectivity index (χ2n) is 5.50. The Hall–Kier alpha value is -2.57. The number of amides is 1. The lowest BCUT2D eigenvalue weighted by atomic mass is 10.2. The lowest BCUT2D eigenvalue weighted by Gasteiger charge is -2.35. The average molecular weight is 318 g/mol. The van der Waals surface area contributed by atoms with Crippen molar-refractivity contribution >= 4 is 11.7 Å². The Morgan fingerprint density at radius 3 is 2.65 bits per heavy atom. The van der Waals surface area contributed by atoms with Gasteiger partial charge in [0, 0.05) is 31.4 Å². The molecule has 7 heteroatoms. The standard InChI is InChI=1S/C16H16F2N4O/c1-11-6-15(20-10-19-11)21-4-5-22(16(23)9-21)8-12-2-3-13(17)14(18)7-12/h2-3,6-7,10H,4-5,8-9H2,1H3. The third-order valence-electron chi connectivity index (χ3n) is 3.79. The normalized spacial score (nSPS) is 15.2. The van der Waals surface area contributed by atoms with Crippen LogP contribution in [0.2, 0.25) is 0 Å². The summed E-state index contributed by atoms with van der Waals surface area (Å²) in [7, 11) is 0. The number of carbonyl (C=O) groups excluding carboxylic acids is 1. The van der Waals surface area contributed by atoms with Crippen molar-refractivity contribution in [3.05, 3.63) is 53.5 Å². The summed E-state index contributed by atoms with van der Waals surface area (Å²) in [5.41, 5.74) is 1.41. The van der Waals surface area contributed by atoms with Crippen molar-refractivity contribution in [1.29, 1.82) is 0 Å². The maximum Gasteiger partial charge on any atom is 0.242 e. The second-order valence-corrected chi connectivity index (χ2v) is 5.50. The zero-order chi connectivity index (χ0) is 16.4. The Morgan fingerprint density at radius 1 is 1.13 bits per heavy atom. The number of hydrogen-bond acceptors (Lipinski definition) is 4. The lowest BCUT2D eigenvalue weighted by molar-refractivity contribution is -0.131. The summed E-state index contributed by atoms with van der Waals surface area (Å²) in [6.45, 7) is 3.48. The number of rotatable bonds is 3. The number of aromatic nitrogens is 2. The Balaban J connectivity index is 1.67. The molecule has 0 radical (unpaired) electrons. The Morgan fingerprint density at radius 2 is 1.96 bits per heavy atom.